The molecule has 0 saturated heterocycles. The van der Waals surface area contributed by atoms with Crippen LogP contribution in [0.1, 0.15) is 20.3 Å². The summed E-state index contributed by atoms with van der Waals surface area (Å²) in [6.07, 6.45) is 0.502. The summed E-state index contributed by atoms with van der Waals surface area (Å²) in [6.45, 7) is 3.46. The molecular weight excluding hydrogens is 192 g/mol. The molecule has 0 bridgehead atoms. The first kappa shape index (κ1) is 12.2. The third-order valence-corrected chi connectivity index (χ3v) is 2.05. The molecule has 4 nitrogen and oxygen atoms in total. The van der Waals surface area contributed by atoms with E-state index in [2.05, 4.69) is 5.32 Å². The zero-order valence-corrected chi connectivity index (χ0v) is 9.10. The molecule has 13 heavy (non-hydrogen) atoms. The van der Waals surface area contributed by atoms with Gasteiger partial charge in [0.1, 0.15) is 5.54 Å². The highest BCUT2D eigenvalue weighted by molar-refractivity contribution is 6.63. The summed E-state index contributed by atoms with van der Waals surface area (Å²) >= 11 is 5.17. The number of nitrogens with one attached hydrogen (secondary N) is 1. The van der Waals surface area contributed by atoms with Crippen molar-refractivity contribution >= 4 is 22.9 Å². The van der Waals surface area contributed by atoms with Crippen molar-refractivity contribution in [1.29, 1.82) is 0 Å². The van der Waals surface area contributed by atoms with E-state index in [1.807, 2.05) is 6.92 Å². The van der Waals surface area contributed by atoms with Crippen molar-refractivity contribution in [3.8, 4) is 0 Å². The van der Waals surface area contributed by atoms with Crippen LogP contribution in [-0.4, -0.2) is 35.8 Å². The van der Waals surface area contributed by atoms with Crippen LogP contribution in [0.2, 0.25) is 0 Å². The quantitative estimate of drug-likeness (QED) is 0.557. The maximum Gasteiger partial charge on any atom is 0.314 e. The number of hydrogen-bond acceptors (Lipinski definition) is 2. The molecular formula is C8H15ClN2O2. The van der Waals surface area contributed by atoms with Gasteiger partial charge >= 0.3 is 5.37 Å². The zero-order valence-electron chi connectivity index (χ0n) is 8.35. The molecule has 2 amide bonds. The Kier molecular flexibility index (Phi) is 4.20. The van der Waals surface area contributed by atoms with Crippen molar-refractivity contribution in [1.82, 2.24) is 10.2 Å². The van der Waals surface area contributed by atoms with Crippen LogP contribution in [0.3, 0.4) is 0 Å². The van der Waals surface area contributed by atoms with E-state index in [4.69, 9.17) is 11.6 Å². The Morgan fingerprint density at radius 2 is 1.92 bits per heavy atom. The van der Waals surface area contributed by atoms with E-state index in [1.54, 1.807) is 21.0 Å². The molecule has 0 saturated carbocycles. The van der Waals surface area contributed by atoms with Gasteiger partial charge in [-0.3, -0.25) is 9.59 Å². The van der Waals surface area contributed by atoms with Crippen LogP contribution in [0.4, 0.5) is 4.79 Å². The lowest BCUT2D eigenvalue weighted by Gasteiger charge is -2.29. The fourth-order valence-corrected chi connectivity index (χ4v) is 1.21. The Hall–Kier alpha value is -0.770. The minimum Gasteiger partial charge on any atom is -0.347 e. The van der Waals surface area contributed by atoms with Gasteiger partial charge in [0.25, 0.3) is 0 Å². The van der Waals surface area contributed by atoms with Gasteiger partial charge in [0, 0.05) is 14.1 Å². The average Bonchev–Trinajstić information content (AvgIpc) is 2.01. The molecule has 0 rings (SSSR count). The van der Waals surface area contributed by atoms with Gasteiger partial charge in [0.15, 0.2) is 0 Å². The third-order valence-electron chi connectivity index (χ3n) is 1.96. The van der Waals surface area contributed by atoms with Crippen molar-refractivity contribution in [2.75, 3.05) is 14.1 Å². The van der Waals surface area contributed by atoms with E-state index >= 15 is 0 Å². The van der Waals surface area contributed by atoms with Crippen molar-refractivity contribution in [3.05, 3.63) is 0 Å². The molecule has 0 spiro atoms. The molecule has 0 aliphatic carbocycles. The Morgan fingerprint density at radius 3 is 2.15 bits per heavy atom. The zero-order chi connectivity index (χ0) is 10.6. The number of rotatable bonds is 3. The molecule has 1 atom stereocenters. The Balaban J connectivity index is 4.62. The first-order valence-electron chi connectivity index (χ1n) is 4.03. The van der Waals surface area contributed by atoms with Crippen molar-refractivity contribution in [2.24, 2.45) is 0 Å². The first-order chi connectivity index (χ1) is 5.83. The minimum absolute atomic E-state index is 0.163. The van der Waals surface area contributed by atoms with Crippen LogP contribution < -0.4 is 5.32 Å². The van der Waals surface area contributed by atoms with E-state index in [1.165, 1.54) is 4.90 Å². The van der Waals surface area contributed by atoms with Gasteiger partial charge in [-0.2, -0.15) is 0 Å². The molecule has 1 unspecified atom stereocenters. The number of halogens is 1. The summed E-state index contributed by atoms with van der Waals surface area (Å²) in [6, 6.07) is 0. The molecule has 0 heterocycles. The van der Waals surface area contributed by atoms with E-state index in [-0.39, 0.29) is 5.91 Å². The second-order valence-electron chi connectivity index (χ2n) is 3.28. The summed E-state index contributed by atoms with van der Waals surface area (Å²) in [4.78, 5) is 23.6. The molecule has 0 aromatic heterocycles. The fourth-order valence-electron chi connectivity index (χ4n) is 1.00. The van der Waals surface area contributed by atoms with Crippen LogP contribution in [0.25, 0.3) is 0 Å². The second kappa shape index (κ2) is 4.46. The predicted octanol–water partition coefficient (Wildman–Crippen LogP) is 1.19. The SMILES string of the molecule is CCC(C)(NC(=O)Cl)C(=O)N(C)C. The molecule has 0 aliphatic rings. The lowest BCUT2D eigenvalue weighted by molar-refractivity contribution is -0.134. The van der Waals surface area contributed by atoms with Gasteiger partial charge in [-0.25, -0.2) is 0 Å². The Bertz CT molecular complexity index is 218. The molecule has 0 fully saturated rings. The van der Waals surface area contributed by atoms with Crippen LogP contribution in [-0.2, 0) is 4.79 Å². The van der Waals surface area contributed by atoms with Gasteiger partial charge in [-0.1, -0.05) is 6.92 Å². The topological polar surface area (TPSA) is 49.4 Å². The normalized spacial score (nSPS) is 14.5. The molecule has 0 radical (unpaired) electrons. The van der Waals surface area contributed by atoms with Gasteiger partial charge in [-0.05, 0) is 24.9 Å². The lowest BCUT2D eigenvalue weighted by Crippen LogP contribution is -2.54. The van der Waals surface area contributed by atoms with Gasteiger partial charge in [0.05, 0.1) is 0 Å². The largest absolute Gasteiger partial charge is 0.347 e. The smallest absolute Gasteiger partial charge is 0.314 e. The number of likely N-dealkylation sites (N-methyl/N-ethyl adjacent to an activating group) is 1. The molecule has 0 aromatic carbocycles. The third kappa shape index (κ3) is 3.22. The summed E-state index contributed by atoms with van der Waals surface area (Å²) < 4.78 is 0. The number of carbonyl (C=O) groups excluding carboxylic acids is 2. The number of amides is 2. The highest BCUT2D eigenvalue weighted by atomic mass is 35.5. The number of hydrogen-bond donors (Lipinski definition) is 1. The van der Waals surface area contributed by atoms with Crippen LogP contribution >= 0.6 is 11.6 Å². The highest BCUT2D eigenvalue weighted by Crippen LogP contribution is 2.12. The Labute approximate surface area is 83.2 Å². The summed E-state index contributed by atoms with van der Waals surface area (Å²) in [5.74, 6) is -0.163. The maximum atomic E-state index is 11.6. The van der Waals surface area contributed by atoms with E-state index < -0.39 is 10.9 Å². The monoisotopic (exact) mass is 206 g/mol. The summed E-state index contributed by atoms with van der Waals surface area (Å²) in [5.41, 5.74) is -0.900. The first-order valence-corrected chi connectivity index (χ1v) is 4.40. The molecule has 0 aliphatic heterocycles. The standard InChI is InChI=1S/C8H15ClN2O2/c1-5-8(2,10-7(9)13)6(12)11(3)4/h5H2,1-4H3,(H,10,13). The highest BCUT2D eigenvalue weighted by Gasteiger charge is 2.33. The van der Waals surface area contributed by atoms with Crippen molar-refractivity contribution in [3.63, 3.8) is 0 Å². The van der Waals surface area contributed by atoms with Gasteiger partial charge in [-0.15, -0.1) is 0 Å². The lowest BCUT2D eigenvalue weighted by atomic mass is 9.98. The molecule has 76 valence electrons. The molecule has 0 aromatic rings. The molecule has 5 heteroatoms. The minimum atomic E-state index is -0.900. The van der Waals surface area contributed by atoms with Crippen molar-refractivity contribution < 1.29 is 9.59 Å². The number of carbonyl (C=O) groups is 2. The summed E-state index contributed by atoms with van der Waals surface area (Å²) in [7, 11) is 3.27. The maximum absolute atomic E-state index is 11.6. The number of nitrogens with zero attached hydrogens (tertiary/aromatic N) is 1. The van der Waals surface area contributed by atoms with Crippen molar-refractivity contribution in [2.45, 2.75) is 25.8 Å². The van der Waals surface area contributed by atoms with Gasteiger partial charge < -0.3 is 10.2 Å². The molecule has 1 N–H and O–H groups in total. The van der Waals surface area contributed by atoms with E-state index in [0.717, 1.165) is 0 Å². The van der Waals surface area contributed by atoms with E-state index in [9.17, 15) is 9.59 Å². The van der Waals surface area contributed by atoms with Gasteiger partial charge in [0.2, 0.25) is 5.91 Å². The second-order valence-corrected chi connectivity index (χ2v) is 3.63. The Morgan fingerprint density at radius 1 is 1.46 bits per heavy atom. The average molecular weight is 207 g/mol. The summed E-state index contributed by atoms with van der Waals surface area (Å²) in [5, 5.41) is 1.71. The van der Waals surface area contributed by atoms with E-state index in [0.29, 0.717) is 6.42 Å². The fraction of sp³-hybridized carbons (Fsp3) is 0.750. The van der Waals surface area contributed by atoms with Crippen LogP contribution in [0, 0.1) is 0 Å². The predicted molar refractivity (Wildman–Crippen MR) is 51.8 cm³/mol. The van der Waals surface area contributed by atoms with Crippen LogP contribution in [0.5, 0.6) is 0 Å². The van der Waals surface area contributed by atoms with Crippen LogP contribution in [0.15, 0.2) is 0 Å².